The summed E-state index contributed by atoms with van der Waals surface area (Å²) < 4.78 is 0. The summed E-state index contributed by atoms with van der Waals surface area (Å²) in [6, 6.07) is 4.08. The van der Waals surface area contributed by atoms with Gasteiger partial charge >= 0.3 is 0 Å². The number of imide groups is 2. The van der Waals surface area contributed by atoms with E-state index in [-0.39, 0.29) is 29.5 Å². The average Bonchev–Trinajstić information content (AvgIpc) is 3.29. The van der Waals surface area contributed by atoms with Gasteiger partial charge < -0.3 is 11.1 Å². The molecule has 160 valence electrons. The summed E-state index contributed by atoms with van der Waals surface area (Å²) in [5.41, 5.74) is 8.27. The number of thiazole rings is 1. The number of nitrogens with zero attached hydrogens (tertiary/aromatic N) is 2. The number of carbonyl (C=O) groups is 4. The van der Waals surface area contributed by atoms with E-state index >= 15 is 0 Å². The number of nitrogens with one attached hydrogen (secondary N) is 2. The molecule has 2 aliphatic heterocycles. The molecule has 1 saturated carbocycles. The highest BCUT2D eigenvalue weighted by molar-refractivity contribution is 7.13. The van der Waals surface area contributed by atoms with Crippen molar-refractivity contribution in [3.05, 3.63) is 46.0 Å². The molecule has 1 unspecified atom stereocenters. The van der Waals surface area contributed by atoms with E-state index < -0.39 is 29.7 Å². The molecule has 1 aliphatic carbocycles. The molecule has 2 aromatic rings. The maximum absolute atomic E-state index is 12.9. The lowest BCUT2D eigenvalue weighted by molar-refractivity contribution is -0.136. The lowest BCUT2D eigenvalue weighted by Crippen LogP contribution is -2.54. The fourth-order valence-corrected chi connectivity index (χ4v) is 5.02. The van der Waals surface area contributed by atoms with Gasteiger partial charge in [0.2, 0.25) is 11.8 Å². The number of rotatable bonds is 5. The molecule has 3 aliphatic rings. The highest BCUT2D eigenvalue weighted by atomic mass is 32.1. The quantitative estimate of drug-likeness (QED) is 0.601. The monoisotopic (exact) mass is 439 g/mol. The van der Waals surface area contributed by atoms with Crippen molar-refractivity contribution in [1.82, 2.24) is 15.2 Å². The van der Waals surface area contributed by atoms with Gasteiger partial charge in [-0.15, -0.1) is 11.3 Å². The zero-order valence-corrected chi connectivity index (χ0v) is 17.5. The lowest BCUT2D eigenvalue weighted by Gasteiger charge is -2.36. The first kappa shape index (κ1) is 19.8. The van der Waals surface area contributed by atoms with E-state index in [1.807, 2.05) is 5.38 Å². The van der Waals surface area contributed by atoms with Gasteiger partial charge in [0.05, 0.1) is 22.4 Å². The summed E-state index contributed by atoms with van der Waals surface area (Å²) in [4.78, 5) is 54.8. The van der Waals surface area contributed by atoms with Crippen LogP contribution in [0.2, 0.25) is 0 Å². The van der Waals surface area contributed by atoms with Crippen LogP contribution in [0.15, 0.2) is 23.6 Å². The van der Waals surface area contributed by atoms with Crippen molar-refractivity contribution in [2.45, 2.75) is 50.2 Å². The van der Waals surface area contributed by atoms with Crippen molar-refractivity contribution >= 4 is 40.1 Å². The van der Waals surface area contributed by atoms with Gasteiger partial charge in [0.1, 0.15) is 6.04 Å². The van der Waals surface area contributed by atoms with Crippen molar-refractivity contribution in [2.24, 2.45) is 5.73 Å². The molecule has 0 bridgehead atoms. The van der Waals surface area contributed by atoms with Crippen LogP contribution >= 0.6 is 11.3 Å². The Morgan fingerprint density at radius 2 is 1.97 bits per heavy atom. The molecule has 0 radical (unpaired) electrons. The van der Waals surface area contributed by atoms with Crippen LogP contribution in [0.4, 0.5) is 5.13 Å². The fourth-order valence-electron chi connectivity index (χ4n) is 4.20. The lowest BCUT2D eigenvalue weighted by atomic mass is 9.76. The van der Waals surface area contributed by atoms with Gasteiger partial charge in [0, 0.05) is 18.3 Å². The zero-order valence-electron chi connectivity index (χ0n) is 16.6. The Morgan fingerprint density at radius 3 is 2.68 bits per heavy atom. The van der Waals surface area contributed by atoms with Gasteiger partial charge in [0.15, 0.2) is 5.13 Å². The normalized spacial score (nSPS) is 22.2. The number of anilines is 1. The number of fused-ring (bicyclic) bond motifs is 1. The molecule has 9 nitrogen and oxygen atoms in total. The Labute approximate surface area is 182 Å². The van der Waals surface area contributed by atoms with Crippen LogP contribution in [0.25, 0.3) is 0 Å². The van der Waals surface area contributed by atoms with E-state index in [1.54, 1.807) is 18.2 Å². The van der Waals surface area contributed by atoms with Gasteiger partial charge in [-0.25, -0.2) is 4.98 Å². The van der Waals surface area contributed by atoms with Crippen LogP contribution in [0.3, 0.4) is 0 Å². The summed E-state index contributed by atoms with van der Waals surface area (Å²) in [5.74, 6) is -2.03. The van der Waals surface area contributed by atoms with Crippen molar-refractivity contribution in [3.8, 4) is 0 Å². The van der Waals surface area contributed by atoms with Gasteiger partial charge in [-0.3, -0.25) is 29.4 Å². The third-order valence-electron chi connectivity index (χ3n) is 6.21. The van der Waals surface area contributed by atoms with Crippen molar-refractivity contribution in [3.63, 3.8) is 0 Å². The van der Waals surface area contributed by atoms with E-state index in [1.165, 1.54) is 11.3 Å². The summed E-state index contributed by atoms with van der Waals surface area (Å²) >= 11 is 1.49. The number of hydrogen-bond acceptors (Lipinski definition) is 8. The zero-order chi connectivity index (χ0) is 21.8. The number of carbonyl (C=O) groups excluding carboxylic acids is 4. The van der Waals surface area contributed by atoms with Crippen LogP contribution in [-0.4, -0.2) is 39.6 Å². The van der Waals surface area contributed by atoms with Crippen molar-refractivity contribution in [1.29, 1.82) is 0 Å². The first-order valence-corrected chi connectivity index (χ1v) is 11.1. The molecule has 10 heteroatoms. The minimum absolute atomic E-state index is 0.0961. The topological polar surface area (TPSA) is 134 Å². The molecule has 5 rings (SSSR count). The van der Waals surface area contributed by atoms with Crippen LogP contribution in [0.1, 0.15) is 64.1 Å². The van der Waals surface area contributed by atoms with Gasteiger partial charge in [0.25, 0.3) is 11.8 Å². The number of nitrogens with two attached hydrogens (primary N) is 1. The third kappa shape index (κ3) is 3.31. The standard InChI is InChI=1S/C21H21N5O4S/c22-21(6-1-7-21)15-10-31-20(24-15)23-9-11-2-3-12-13(8-11)19(30)26(18(12)29)14-4-5-16(27)25-17(14)28/h2-3,8,10,14H,1,4-7,9,22H2,(H,23,24)(H,25,27,28). The summed E-state index contributed by atoms with van der Waals surface area (Å²) in [6.07, 6.45) is 3.24. The van der Waals surface area contributed by atoms with E-state index in [9.17, 15) is 19.2 Å². The first-order chi connectivity index (χ1) is 14.9. The SMILES string of the molecule is NC1(c2csc(NCc3ccc4c(c3)C(=O)N(C3CCC(=O)NC3=O)C4=O)n2)CCC1. The predicted octanol–water partition coefficient (Wildman–Crippen LogP) is 1.49. The molecule has 2 fully saturated rings. The predicted molar refractivity (Wildman–Crippen MR) is 112 cm³/mol. The Morgan fingerprint density at radius 1 is 1.19 bits per heavy atom. The maximum atomic E-state index is 12.9. The fraction of sp³-hybridized carbons (Fsp3) is 0.381. The number of benzene rings is 1. The molecule has 4 N–H and O–H groups in total. The minimum atomic E-state index is -0.962. The van der Waals surface area contributed by atoms with Gasteiger partial charge in [-0.2, -0.15) is 0 Å². The smallest absolute Gasteiger partial charge is 0.262 e. The summed E-state index contributed by atoms with van der Waals surface area (Å²) in [6.45, 7) is 0.428. The minimum Gasteiger partial charge on any atom is -0.357 e. The van der Waals surface area contributed by atoms with Gasteiger partial charge in [-0.05, 0) is 43.4 Å². The maximum Gasteiger partial charge on any atom is 0.262 e. The van der Waals surface area contributed by atoms with E-state index in [0.717, 1.165) is 40.6 Å². The Kier molecular flexibility index (Phi) is 4.63. The number of hydrogen-bond donors (Lipinski definition) is 3. The van der Waals surface area contributed by atoms with E-state index in [2.05, 4.69) is 15.6 Å². The van der Waals surface area contributed by atoms with E-state index in [0.29, 0.717) is 6.54 Å². The Hall–Kier alpha value is -3.11. The molecule has 1 aromatic carbocycles. The molecule has 1 saturated heterocycles. The van der Waals surface area contributed by atoms with Crippen molar-refractivity contribution < 1.29 is 19.2 Å². The van der Waals surface area contributed by atoms with Crippen LogP contribution < -0.4 is 16.4 Å². The molecule has 4 amide bonds. The molecule has 3 heterocycles. The number of aromatic nitrogens is 1. The summed E-state index contributed by atoms with van der Waals surface area (Å²) in [5, 5.41) is 8.17. The molecular formula is C21H21N5O4S. The molecule has 1 aromatic heterocycles. The summed E-state index contributed by atoms with van der Waals surface area (Å²) in [7, 11) is 0. The Bertz CT molecular complexity index is 1120. The molecule has 31 heavy (non-hydrogen) atoms. The van der Waals surface area contributed by atoms with Crippen LogP contribution in [0, 0.1) is 0 Å². The average molecular weight is 439 g/mol. The third-order valence-corrected chi connectivity index (χ3v) is 7.01. The molecular weight excluding hydrogens is 418 g/mol. The van der Waals surface area contributed by atoms with Crippen LogP contribution in [-0.2, 0) is 21.7 Å². The van der Waals surface area contributed by atoms with Crippen molar-refractivity contribution in [2.75, 3.05) is 5.32 Å². The second-order valence-corrected chi connectivity index (χ2v) is 9.09. The van der Waals surface area contributed by atoms with E-state index in [4.69, 9.17) is 5.73 Å². The second kappa shape index (κ2) is 7.24. The highest BCUT2D eigenvalue weighted by Crippen LogP contribution is 2.39. The molecule has 0 spiro atoms. The number of amides is 4. The highest BCUT2D eigenvalue weighted by Gasteiger charge is 2.44. The Balaban J connectivity index is 1.30. The van der Waals surface area contributed by atoms with Gasteiger partial charge in [-0.1, -0.05) is 6.07 Å². The second-order valence-electron chi connectivity index (χ2n) is 8.23. The van der Waals surface area contributed by atoms with Crippen LogP contribution in [0.5, 0.6) is 0 Å². The first-order valence-electron chi connectivity index (χ1n) is 10.2. The number of piperidine rings is 1. The largest absolute Gasteiger partial charge is 0.357 e. The molecule has 1 atom stereocenters.